The number of rotatable bonds is 5. The molecule has 3 aromatic rings. The summed E-state index contributed by atoms with van der Waals surface area (Å²) in [6.45, 7) is 0.451. The van der Waals surface area contributed by atoms with Gasteiger partial charge in [0.25, 0.3) is 0 Å². The van der Waals surface area contributed by atoms with Crippen LogP contribution >= 0.6 is 0 Å². The molecule has 0 spiro atoms. The second-order valence-corrected chi connectivity index (χ2v) is 6.97. The fourth-order valence-corrected chi connectivity index (χ4v) is 3.33. The molecule has 1 aliphatic heterocycles. The van der Waals surface area contributed by atoms with Crippen molar-refractivity contribution in [2.75, 3.05) is 35.8 Å². The van der Waals surface area contributed by atoms with E-state index in [0.29, 0.717) is 41.9 Å². The lowest BCUT2D eigenvalue weighted by atomic mass is 10.2. The number of carboxylic acids is 1. The Morgan fingerprint density at radius 2 is 1.97 bits per heavy atom. The lowest BCUT2D eigenvalue weighted by Crippen LogP contribution is -2.25. The third-order valence-corrected chi connectivity index (χ3v) is 5.04. The Hall–Kier alpha value is -4.14. The fourth-order valence-electron chi connectivity index (χ4n) is 3.33. The summed E-state index contributed by atoms with van der Waals surface area (Å²) in [7, 11) is 3.31. The number of aromatic carboxylic acids is 1. The number of amides is 1. The zero-order valence-electron chi connectivity index (χ0n) is 17.1. The first kappa shape index (κ1) is 20.1. The van der Waals surface area contributed by atoms with Crippen LogP contribution in [-0.4, -0.2) is 47.7 Å². The van der Waals surface area contributed by atoms with E-state index in [1.54, 1.807) is 37.4 Å². The van der Waals surface area contributed by atoms with E-state index in [2.05, 4.69) is 15.3 Å². The molecule has 4 rings (SSSR count). The lowest BCUT2D eigenvalue weighted by Gasteiger charge is -2.24. The van der Waals surface area contributed by atoms with Crippen LogP contribution in [-0.2, 0) is 4.79 Å². The van der Waals surface area contributed by atoms with Crippen LogP contribution in [0.1, 0.15) is 16.8 Å². The number of nitrogens with zero attached hydrogens (tertiary/aromatic N) is 4. The van der Waals surface area contributed by atoms with E-state index in [1.807, 2.05) is 29.2 Å². The molecule has 0 aliphatic carbocycles. The van der Waals surface area contributed by atoms with Gasteiger partial charge >= 0.3 is 5.97 Å². The highest BCUT2D eigenvalue weighted by molar-refractivity contribution is 5.98. The number of hydrogen-bond donors (Lipinski definition) is 2. The third-order valence-electron chi connectivity index (χ3n) is 5.04. The first-order chi connectivity index (χ1) is 15.0. The number of benzene rings is 2. The van der Waals surface area contributed by atoms with Gasteiger partial charge in [-0.2, -0.15) is 4.98 Å². The molecular weight excluding hydrogens is 398 g/mol. The standard InChI is InChI=1S/C22H21N5O4/c1-26-18-13-23-22(24-15-8-6-14(7-9-15)21(29)30)25-20(18)27(11-10-19(26)28)16-4-3-5-17(12-16)31-2/h3-9,12-13H,10-11H2,1-2H3,(H,29,30)(H,23,24,25). The van der Waals surface area contributed by atoms with Gasteiger partial charge in [-0.05, 0) is 36.4 Å². The van der Waals surface area contributed by atoms with Crippen LogP contribution in [0.5, 0.6) is 5.75 Å². The van der Waals surface area contributed by atoms with E-state index in [9.17, 15) is 9.59 Å². The van der Waals surface area contributed by atoms with Gasteiger partial charge in [-0.1, -0.05) is 6.07 Å². The highest BCUT2D eigenvalue weighted by Crippen LogP contribution is 2.36. The van der Waals surface area contributed by atoms with Crippen LogP contribution in [0.3, 0.4) is 0 Å². The number of carboxylic acid groups (broad SMARTS) is 1. The summed E-state index contributed by atoms with van der Waals surface area (Å²) in [4.78, 5) is 36.1. The maximum Gasteiger partial charge on any atom is 0.335 e. The smallest absolute Gasteiger partial charge is 0.335 e. The summed E-state index contributed by atoms with van der Waals surface area (Å²) >= 11 is 0. The first-order valence-electron chi connectivity index (χ1n) is 9.62. The average molecular weight is 419 g/mol. The topological polar surface area (TPSA) is 108 Å². The second-order valence-electron chi connectivity index (χ2n) is 6.97. The minimum Gasteiger partial charge on any atom is -0.497 e. The van der Waals surface area contributed by atoms with Crippen molar-refractivity contribution in [1.82, 2.24) is 9.97 Å². The molecule has 2 aromatic carbocycles. The molecule has 0 radical (unpaired) electrons. The Bertz CT molecular complexity index is 1130. The van der Waals surface area contributed by atoms with Crippen LogP contribution in [0.4, 0.5) is 28.8 Å². The first-order valence-corrected chi connectivity index (χ1v) is 9.62. The van der Waals surface area contributed by atoms with E-state index >= 15 is 0 Å². The fraction of sp³-hybridized carbons (Fsp3) is 0.182. The number of fused-ring (bicyclic) bond motifs is 1. The Morgan fingerprint density at radius 1 is 1.19 bits per heavy atom. The molecule has 0 fully saturated rings. The number of carbonyl (C=O) groups excluding carboxylic acids is 1. The summed E-state index contributed by atoms with van der Waals surface area (Å²) in [5.74, 6) is 0.599. The van der Waals surface area contributed by atoms with Crippen LogP contribution < -0.4 is 19.9 Å². The molecule has 0 atom stereocenters. The van der Waals surface area contributed by atoms with E-state index in [4.69, 9.17) is 9.84 Å². The summed E-state index contributed by atoms with van der Waals surface area (Å²) in [6, 6.07) is 13.9. The van der Waals surface area contributed by atoms with Gasteiger partial charge in [0.2, 0.25) is 11.9 Å². The van der Waals surface area contributed by atoms with Gasteiger partial charge in [0.1, 0.15) is 11.4 Å². The molecular formula is C22H21N5O4. The van der Waals surface area contributed by atoms with Gasteiger partial charge in [-0.15, -0.1) is 0 Å². The Kier molecular flexibility index (Phi) is 5.40. The van der Waals surface area contributed by atoms with Crippen molar-refractivity contribution in [2.24, 2.45) is 0 Å². The largest absolute Gasteiger partial charge is 0.497 e. The van der Waals surface area contributed by atoms with Crippen molar-refractivity contribution in [3.63, 3.8) is 0 Å². The van der Waals surface area contributed by atoms with Gasteiger partial charge in [0.05, 0.1) is 18.9 Å². The van der Waals surface area contributed by atoms with Gasteiger partial charge in [-0.25, -0.2) is 9.78 Å². The minimum absolute atomic E-state index is 0.0276. The van der Waals surface area contributed by atoms with Crippen molar-refractivity contribution in [3.8, 4) is 5.75 Å². The van der Waals surface area contributed by atoms with Crippen molar-refractivity contribution in [1.29, 1.82) is 0 Å². The van der Waals surface area contributed by atoms with Crippen LogP contribution in [0.15, 0.2) is 54.7 Å². The highest BCUT2D eigenvalue weighted by Gasteiger charge is 2.27. The summed E-state index contributed by atoms with van der Waals surface area (Å²) in [6.07, 6.45) is 1.93. The quantitative estimate of drug-likeness (QED) is 0.648. The number of aromatic nitrogens is 2. The molecule has 2 N–H and O–H groups in total. The normalized spacial score (nSPS) is 13.4. The number of hydrogen-bond acceptors (Lipinski definition) is 7. The van der Waals surface area contributed by atoms with Crippen molar-refractivity contribution in [3.05, 3.63) is 60.3 Å². The highest BCUT2D eigenvalue weighted by atomic mass is 16.5. The maximum absolute atomic E-state index is 12.5. The molecule has 158 valence electrons. The Morgan fingerprint density at radius 3 is 2.68 bits per heavy atom. The molecule has 9 heteroatoms. The molecule has 1 aliphatic rings. The predicted molar refractivity (Wildman–Crippen MR) is 117 cm³/mol. The van der Waals surface area contributed by atoms with Gasteiger partial charge < -0.3 is 25.0 Å². The van der Waals surface area contributed by atoms with Crippen LogP contribution in [0, 0.1) is 0 Å². The third kappa shape index (κ3) is 4.11. The molecule has 0 bridgehead atoms. The number of nitrogens with one attached hydrogen (secondary N) is 1. The lowest BCUT2D eigenvalue weighted by molar-refractivity contribution is -0.118. The van der Waals surface area contributed by atoms with E-state index < -0.39 is 5.97 Å². The molecule has 2 heterocycles. The van der Waals surface area contributed by atoms with Gasteiger partial charge in [-0.3, -0.25) is 4.79 Å². The van der Waals surface area contributed by atoms with Crippen molar-refractivity contribution < 1.29 is 19.4 Å². The van der Waals surface area contributed by atoms with E-state index in [-0.39, 0.29) is 11.5 Å². The number of carbonyl (C=O) groups is 2. The maximum atomic E-state index is 12.5. The predicted octanol–water partition coefficient (Wildman–Crippen LogP) is 3.43. The Balaban J connectivity index is 1.72. The number of methoxy groups -OCH3 is 1. The molecule has 1 amide bonds. The monoisotopic (exact) mass is 419 g/mol. The molecule has 1 aromatic heterocycles. The van der Waals surface area contributed by atoms with E-state index in [0.717, 1.165) is 5.69 Å². The van der Waals surface area contributed by atoms with Crippen molar-refractivity contribution >= 4 is 40.7 Å². The van der Waals surface area contributed by atoms with Crippen molar-refractivity contribution in [2.45, 2.75) is 6.42 Å². The Labute approximate surface area is 178 Å². The molecule has 0 unspecified atom stereocenters. The summed E-state index contributed by atoms with van der Waals surface area (Å²) in [5.41, 5.74) is 2.28. The number of anilines is 5. The van der Waals surface area contributed by atoms with Gasteiger partial charge in [0.15, 0.2) is 5.82 Å². The zero-order valence-corrected chi connectivity index (χ0v) is 17.1. The van der Waals surface area contributed by atoms with Crippen LogP contribution in [0.2, 0.25) is 0 Å². The minimum atomic E-state index is -0.991. The molecule has 9 nitrogen and oxygen atoms in total. The SMILES string of the molecule is COc1cccc(N2CCC(=O)N(C)c3cnc(Nc4ccc(C(=O)O)cc4)nc32)c1. The second kappa shape index (κ2) is 8.31. The molecule has 31 heavy (non-hydrogen) atoms. The van der Waals surface area contributed by atoms with E-state index in [1.165, 1.54) is 12.1 Å². The molecule has 0 saturated heterocycles. The average Bonchev–Trinajstić information content (AvgIpc) is 2.90. The molecule has 0 saturated carbocycles. The summed E-state index contributed by atoms with van der Waals surface area (Å²) in [5, 5.41) is 12.1. The number of ether oxygens (including phenoxy) is 1. The summed E-state index contributed by atoms with van der Waals surface area (Å²) < 4.78 is 5.35. The van der Waals surface area contributed by atoms with Crippen LogP contribution in [0.25, 0.3) is 0 Å². The van der Waals surface area contributed by atoms with Gasteiger partial charge in [0, 0.05) is 37.5 Å². The zero-order chi connectivity index (χ0) is 22.0.